The average molecular weight is 568 g/mol. The van der Waals surface area contributed by atoms with Gasteiger partial charge in [-0.25, -0.2) is 0 Å². The van der Waals surface area contributed by atoms with Crippen LogP contribution in [0.3, 0.4) is 0 Å². The Morgan fingerprint density at radius 1 is 0.250 bits per heavy atom. The van der Waals surface area contributed by atoms with E-state index < -0.39 is 0 Å². The number of unbranched alkanes of at least 4 members (excludes halogenated alkanes) is 30. The van der Waals surface area contributed by atoms with Gasteiger partial charge in [-0.2, -0.15) is 0 Å². The van der Waals surface area contributed by atoms with Crippen LogP contribution in [0.5, 0.6) is 0 Å². The third-order valence-corrected chi connectivity index (χ3v) is 9.23. The predicted molar refractivity (Wildman–Crippen MR) is 183 cm³/mol. The van der Waals surface area contributed by atoms with Gasteiger partial charge in [0.15, 0.2) is 0 Å². The summed E-state index contributed by atoms with van der Waals surface area (Å²) in [5.74, 6) is 0. The maximum atomic E-state index is 2.47. The molecule has 0 rings (SSSR count). The van der Waals surface area contributed by atoms with Crippen LogP contribution in [0.2, 0.25) is 0 Å². The minimum Gasteiger partial charge on any atom is -0.870 e. The van der Waals surface area contributed by atoms with Crippen molar-refractivity contribution in [3.05, 3.63) is 0 Å². The maximum Gasteiger partial charge on any atom is 0.0782 e. The molecule has 0 radical (unpaired) electrons. The zero-order chi connectivity index (χ0) is 28.5. The lowest BCUT2D eigenvalue weighted by atomic mass is 10.0. The molecule has 0 aromatic heterocycles. The Morgan fingerprint density at radius 3 is 0.575 bits per heavy atom. The highest BCUT2D eigenvalue weighted by atomic mass is 16.0. The van der Waals surface area contributed by atoms with E-state index in [1.807, 2.05) is 0 Å². The highest BCUT2D eigenvalue weighted by Gasteiger charge is 2.13. The van der Waals surface area contributed by atoms with E-state index in [4.69, 9.17) is 0 Å². The predicted octanol–water partition coefficient (Wildman–Crippen LogP) is 13.4. The van der Waals surface area contributed by atoms with Crippen LogP contribution in [0.4, 0.5) is 0 Å². The first kappa shape index (κ1) is 42.1. The molecule has 0 atom stereocenters. The summed E-state index contributed by atoms with van der Waals surface area (Å²) in [7, 11) is 4.94. The monoisotopic (exact) mass is 568 g/mol. The summed E-state index contributed by atoms with van der Waals surface area (Å²) < 4.78 is 1.25. The van der Waals surface area contributed by atoms with Crippen LogP contribution in [0.25, 0.3) is 0 Å². The van der Waals surface area contributed by atoms with Crippen molar-refractivity contribution in [3.8, 4) is 0 Å². The second-order valence-corrected chi connectivity index (χ2v) is 14.0. The van der Waals surface area contributed by atoms with Crippen molar-refractivity contribution in [1.82, 2.24) is 0 Å². The molecular formula is C38H81NO. The van der Waals surface area contributed by atoms with Crippen molar-refractivity contribution >= 4 is 0 Å². The van der Waals surface area contributed by atoms with Gasteiger partial charge in [0, 0.05) is 0 Å². The molecule has 0 saturated carbocycles. The third kappa shape index (κ3) is 35.9. The van der Waals surface area contributed by atoms with Crippen molar-refractivity contribution in [1.29, 1.82) is 0 Å². The van der Waals surface area contributed by atoms with Crippen LogP contribution in [0, 0.1) is 0 Å². The largest absolute Gasteiger partial charge is 0.870 e. The molecule has 0 saturated heterocycles. The Labute approximate surface area is 256 Å². The van der Waals surface area contributed by atoms with Gasteiger partial charge in [0.1, 0.15) is 0 Å². The van der Waals surface area contributed by atoms with E-state index in [1.54, 1.807) is 0 Å². The first-order valence-electron chi connectivity index (χ1n) is 18.9. The highest BCUT2D eigenvalue weighted by Crippen LogP contribution is 2.16. The molecule has 0 aliphatic heterocycles. The topological polar surface area (TPSA) is 30.0 Å². The molecule has 0 amide bonds. The zero-order valence-electron chi connectivity index (χ0n) is 28.9. The second-order valence-electron chi connectivity index (χ2n) is 14.0. The summed E-state index contributed by atoms with van der Waals surface area (Å²) in [4.78, 5) is 0. The van der Waals surface area contributed by atoms with Crippen molar-refractivity contribution in [2.75, 3.05) is 27.2 Å². The number of quaternary nitrogens is 1. The van der Waals surface area contributed by atoms with E-state index in [1.165, 1.54) is 223 Å². The smallest absolute Gasteiger partial charge is 0.0782 e. The summed E-state index contributed by atoms with van der Waals surface area (Å²) in [5.41, 5.74) is 0. The molecule has 0 unspecified atom stereocenters. The van der Waals surface area contributed by atoms with Gasteiger partial charge in [0.05, 0.1) is 27.2 Å². The Morgan fingerprint density at radius 2 is 0.400 bits per heavy atom. The average Bonchev–Trinajstić information content (AvgIpc) is 2.92. The van der Waals surface area contributed by atoms with Crippen LogP contribution < -0.4 is 0 Å². The molecule has 2 heteroatoms. The Balaban J connectivity index is 0. The normalized spacial score (nSPS) is 11.7. The fourth-order valence-electron chi connectivity index (χ4n) is 6.29. The summed E-state index contributed by atoms with van der Waals surface area (Å²) >= 11 is 0. The number of hydrogen-bond acceptors (Lipinski definition) is 1. The minimum atomic E-state index is 0. The molecule has 0 bridgehead atoms. The van der Waals surface area contributed by atoms with Crippen LogP contribution in [0.15, 0.2) is 0 Å². The van der Waals surface area contributed by atoms with E-state index in [2.05, 4.69) is 27.9 Å². The molecule has 0 aliphatic carbocycles. The Kier molecular flexibility index (Phi) is 36.9. The summed E-state index contributed by atoms with van der Waals surface area (Å²) in [5, 5.41) is 0. The maximum absolute atomic E-state index is 2.47. The minimum absolute atomic E-state index is 0. The fourth-order valence-corrected chi connectivity index (χ4v) is 6.29. The van der Waals surface area contributed by atoms with Gasteiger partial charge in [-0.1, -0.05) is 194 Å². The van der Waals surface area contributed by atoms with Gasteiger partial charge >= 0.3 is 0 Å². The molecule has 2 nitrogen and oxygen atoms in total. The number of rotatable bonds is 34. The van der Waals surface area contributed by atoms with Gasteiger partial charge in [0.2, 0.25) is 0 Å². The first-order valence-corrected chi connectivity index (χ1v) is 18.9. The van der Waals surface area contributed by atoms with Gasteiger partial charge in [-0.15, -0.1) is 0 Å². The lowest BCUT2D eigenvalue weighted by molar-refractivity contribution is -0.890. The molecule has 0 heterocycles. The lowest BCUT2D eigenvalue weighted by Crippen LogP contribution is -2.41. The van der Waals surface area contributed by atoms with E-state index in [9.17, 15) is 0 Å². The van der Waals surface area contributed by atoms with Crippen molar-refractivity contribution in [3.63, 3.8) is 0 Å². The van der Waals surface area contributed by atoms with Crippen LogP contribution in [0.1, 0.15) is 219 Å². The molecule has 0 aliphatic rings. The standard InChI is InChI=1S/C38H80N.H2O/c1-5-7-9-11-13-15-17-19-21-23-25-27-29-31-33-35-37-39(3,4)38-36-34-32-30-28-26-24-22-20-18-16-14-12-10-8-6-2;/h5-38H2,1-4H3;1H2/q+1;/p-1. The molecule has 0 aromatic rings. The van der Waals surface area contributed by atoms with E-state index in [0.717, 1.165) is 0 Å². The summed E-state index contributed by atoms with van der Waals surface area (Å²) in [6, 6.07) is 0. The van der Waals surface area contributed by atoms with Gasteiger partial charge < -0.3 is 9.96 Å². The lowest BCUT2D eigenvalue weighted by Gasteiger charge is -2.30. The van der Waals surface area contributed by atoms with E-state index in [0.29, 0.717) is 0 Å². The first-order chi connectivity index (χ1) is 19.1. The van der Waals surface area contributed by atoms with Crippen molar-refractivity contribution in [2.45, 2.75) is 219 Å². The van der Waals surface area contributed by atoms with Crippen molar-refractivity contribution < 1.29 is 9.96 Å². The molecule has 0 fully saturated rings. The molecule has 40 heavy (non-hydrogen) atoms. The highest BCUT2D eigenvalue weighted by molar-refractivity contribution is 4.52. The summed E-state index contributed by atoms with van der Waals surface area (Å²) in [6.45, 7) is 7.39. The molecule has 0 spiro atoms. The zero-order valence-corrected chi connectivity index (χ0v) is 28.9. The molecule has 244 valence electrons. The second kappa shape index (κ2) is 35.1. The number of nitrogens with zero attached hydrogens (tertiary/aromatic N) is 1. The van der Waals surface area contributed by atoms with Gasteiger partial charge in [-0.3, -0.25) is 0 Å². The van der Waals surface area contributed by atoms with Crippen LogP contribution in [-0.2, 0) is 0 Å². The molecule has 1 N–H and O–H groups in total. The Hall–Kier alpha value is -0.0800. The van der Waals surface area contributed by atoms with Gasteiger partial charge in [-0.05, 0) is 25.7 Å². The third-order valence-electron chi connectivity index (χ3n) is 9.23. The van der Waals surface area contributed by atoms with Crippen molar-refractivity contribution in [2.24, 2.45) is 0 Å². The van der Waals surface area contributed by atoms with Crippen LogP contribution >= 0.6 is 0 Å². The molecular weight excluding hydrogens is 486 g/mol. The SMILES string of the molecule is CCCCCCCCCCCCCCCCCC[N+](C)(C)CCCCCCCCCCCCCCCCCC.[OH-]. The summed E-state index contributed by atoms with van der Waals surface area (Å²) in [6.07, 6.45) is 46.9. The number of hydrogen-bond donors (Lipinski definition) is 0. The molecule has 0 aromatic carbocycles. The quantitative estimate of drug-likeness (QED) is 0.0561. The Bertz CT molecular complexity index is 397. The fraction of sp³-hybridized carbons (Fsp3) is 1.00. The van der Waals surface area contributed by atoms with Crippen LogP contribution in [-0.4, -0.2) is 37.1 Å². The van der Waals surface area contributed by atoms with Gasteiger partial charge in [0.25, 0.3) is 0 Å². The van der Waals surface area contributed by atoms with E-state index in [-0.39, 0.29) is 5.48 Å². The van der Waals surface area contributed by atoms with E-state index >= 15 is 0 Å².